The number of carbonyl (C=O) groups is 2. The summed E-state index contributed by atoms with van der Waals surface area (Å²) in [6.07, 6.45) is 0.824. The van der Waals surface area contributed by atoms with Crippen LogP contribution in [-0.2, 0) is 9.59 Å². The molecule has 0 bridgehead atoms. The highest BCUT2D eigenvalue weighted by Gasteiger charge is 2.21. The van der Waals surface area contributed by atoms with E-state index in [0.717, 1.165) is 16.5 Å². The van der Waals surface area contributed by atoms with Crippen molar-refractivity contribution in [1.29, 1.82) is 0 Å². The zero-order valence-corrected chi connectivity index (χ0v) is 16.5. The first kappa shape index (κ1) is 20.0. The number of hydrogen-bond acceptors (Lipinski definition) is 3. The number of nitrogens with one attached hydrogen (secondary N) is 2. The molecule has 0 spiro atoms. The van der Waals surface area contributed by atoms with Crippen LogP contribution in [0.5, 0.6) is 5.75 Å². The van der Waals surface area contributed by atoms with Crippen molar-refractivity contribution in [2.75, 3.05) is 0 Å². The number of hydrogen-bond donors (Lipinski definition) is 2. The van der Waals surface area contributed by atoms with Crippen molar-refractivity contribution in [2.45, 2.75) is 38.7 Å². The smallest absolute Gasteiger partial charge is 0.279 e. The molecule has 0 aromatic heterocycles. The maximum atomic E-state index is 12.5. The lowest BCUT2D eigenvalue weighted by Crippen LogP contribution is -2.48. The van der Waals surface area contributed by atoms with Gasteiger partial charge in [0.15, 0.2) is 6.10 Å². The molecule has 0 radical (unpaired) electrons. The number of ether oxygens (including phenoxy) is 1. The van der Waals surface area contributed by atoms with Gasteiger partial charge >= 0.3 is 0 Å². The van der Waals surface area contributed by atoms with Crippen molar-refractivity contribution >= 4 is 27.7 Å². The second kappa shape index (κ2) is 9.97. The Morgan fingerprint density at radius 1 is 1.04 bits per heavy atom. The Morgan fingerprint density at radius 2 is 1.73 bits per heavy atom. The van der Waals surface area contributed by atoms with E-state index in [1.54, 1.807) is 19.1 Å². The number of hydrazine groups is 1. The van der Waals surface area contributed by atoms with E-state index >= 15 is 0 Å². The fourth-order valence-electron chi connectivity index (χ4n) is 2.53. The van der Waals surface area contributed by atoms with Crippen molar-refractivity contribution in [3.05, 3.63) is 64.6 Å². The Kier molecular flexibility index (Phi) is 7.66. The summed E-state index contributed by atoms with van der Waals surface area (Å²) >= 11 is 3.35. The summed E-state index contributed by atoms with van der Waals surface area (Å²) in [6.45, 7) is 3.65. The van der Waals surface area contributed by atoms with Crippen LogP contribution in [0.25, 0.3) is 0 Å². The van der Waals surface area contributed by atoms with Crippen LogP contribution < -0.4 is 15.6 Å². The first-order chi connectivity index (χ1) is 12.5. The van der Waals surface area contributed by atoms with Gasteiger partial charge in [0.2, 0.25) is 5.91 Å². The molecule has 26 heavy (non-hydrogen) atoms. The predicted molar refractivity (Wildman–Crippen MR) is 105 cm³/mol. The monoisotopic (exact) mass is 418 g/mol. The molecular weight excluding hydrogens is 396 g/mol. The maximum Gasteiger partial charge on any atom is 0.279 e. The van der Waals surface area contributed by atoms with Crippen LogP contribution in [0, 0.1) is 0 Å². The van der Waals surface area contributed by atoms with Gasteiger partial charge in [0.25, 0.3) is 5.91 Å². The van der Waals surface area contributed by atoms with E-state index in [1.165, 1.54) is 0 Å². The lowest BCUT2D eigenvalue weighted by atomic mass is 9.94. The molecule has 0 saturated heterocycles. The van der Waals surface area contributed by atoms with Crippen molar-refractivity contribution < 1.29 is 14.3 Å². The van der Waals surface area contributed by atoms with Gasteiger partial charge in [-0.15, -0.1) is 0 Å². The fraction of sp³-hybridized carbons (Fsp3) is 0.300. The Hall–Kier alpha value is -2.34. The SMILES string of the molecule is CCC[C@@H](C(=O)NNC(=O)[C@H](C)Oc1cccc(Br)c1)c1ccccc1. The molecule has 0 aliphatic rings. The summed E-state index contributed by atoms with van der Waals surface area (Å²) < 4.78 is 6.45. The van der Waals surface area contributed by atoms with E-state index < -0.39 is 12.0 Å². The summed E-state index contributed by atoms with van der Waals surface area (Å²) in [5, 5.41) is 0. The molecule has 0 fully saturated rings. The average molecular weight is 419 g/mol. The van der Waals surface area contributed by atoms with Crippen LogP contribution in [0.4, 0.5) is 0 Å². The summed E-state index contributed by atoms with van der Waals surface area (Å²) in [7, 11) is 0. The van der Waals surface area contributed by atoms with Crippen LogP contribution in [0.2, 0.25) is 0 Å². The third-order valence-electron chi connectivity index (χ3n) is 3.88. The molecule has 2 aromatic carbocycles. The van der Waals surface area contributed by atoms with E-state index in [4.69, 9.17) is 4.74 Å². The van der Waals surface area contributed by atoms with E-state index in [9.17, 15) is 9.59 Å². The molecule has 2 aromatic rings. The molecule has 0 heterocycles. The average Bonchev–Trinajstić information content (AvgIpc) is 2.64. The topological polar surface area (TPSA) is 67.4 Å². The zero-order chi connectivity index (χ0) is 18.9. The van der Waals surface area contributed by atoms with Gasteiger partial charge in [-0.1, -0.05) is 65.7 Å². The van der Waals surface area contributed by atoms with Gasteiger partial charge in [0.1, 0.15) is 5.75 Å². The molecule has 2 N–H and O–H groups in total. The molecule has 0 aliphatic carbocycles. The lowest BCUT2D eigenvalue weighted by Gasteiger charge is -2.19. The molecule has 0 unspecified atom stereocenters. The highest BCUT2D eigenvalue weighted by atomic mass is 79.9. The Bertz CT molecular complexity index is 737. The Balaban J connectivity index is 1.91. The quantitative estimate of drug-likeness (QED) is 0.668. The highest BCUT2D eigenvalue weighted by Crippen LogP contribution is 2.21. The van der Waals surface area contributed by atoms with Gasteiger partial charge < -0.3 is 4.74 Å². The van der Waals surface area contributed by atoms with Gasteiger partial charge in [-0.2, -0.15) is 0 Å². The highest BCUT2D eigenvalue weighted by molar-refractivity contribution is 9.10. The van der Waals surface area contributed by atoms with Crippen molar-refractivity contribution in [3.63, 3.8) is 0 Å². The van der Waals surface area contributed by atoms with Crippen molar-refractivity contribution in [3.8, 4) is 5.75 Å². The molecular formula is C20H23BrN2O3. The van der Waals surface area contributed by atoms with Crippen LogP contribution >= 0.6 is 15.9 Å². The minimum atomic E-state index is -0.744. The molecule has 0 aliphatic heterocycles. The predicted octanol–water partition coefficient (Wildman–Crippen LogP) is 3.95. The maximum absolute atomic E-state index is 12.5. The molecule has 5 nitrogen and oxygen atoms in total. The third-order valence-corrected chi connectivity index (χ3v) is 4.38. The molecule has 0 saturated carbocycles. The summed E-state index contributed by atoms with van der Waals surface area (Å²) in [5.74, 6) is -0.382. The summed E-state index contributed by atoms with van der Waals surface area (Å²) in [6, 6.07) is 16.8. The van der Waals surface area contributed by atoms with E-state index in [-0.39, 0.29) is 11.8 Å². The molecule has 2 amide bonds. The number of rotatable bonds is 7. The van der Waals surface area contributed by atoms with Crippen LogP contribution in [0.1, 0.15) is 38.2 Å². The number of halogens is 1. The molecule has 6 heteroatoms. The van der Waals surface area contributed by atoms with Crippen molar-refractivity contribution in [2.24, 2.45) is 0 Å². The largest absolute Gasteiger partial charge is 0.481 e. The summed E-state index contributed by atoms with van der Waals surface area (Å²) in [4.78, 5) is 24.7. The van der Waals surface area contributed by atoms with Crippen LogP contribution in [-0.4, -0.2) is 17.9 Å². The first-order valence-electron chi connectivity index (χ1n) is 8.58. The van der Waals surface area contributed by atoms with Gasteiger partial charge in [0.05, 0.1) is 5.92 Å². The third kappa shape index (κ3) is 5.88. The number of benzene rings is 2. The Labute approximate surface area is 162 Å². The zero-order valence-electron chi connectivity index (χ0n) is 14.9. The van der Waals surface area contributed by atoms with E-state index in [2.05, 4.69) is 26.8 Å². The molecule has 2 atom stereocenters. The number of carbonyl (C=O) groups excluding carboxylic acids is 2. The second-order valence-corrected chi connectivity index (χ2v) is 6.86. The van der Waals surface area contributed by atoms with Crippen LogP contribution in [0.15, 0.2) is 59.1 Å². The summed E-state index contributed by atoms with van der Waals surface area (Å²) in [5.41, 5.74) is 5.90. The normalized spacial score (nSPS) is 12.7. The fourth-order valence-corrected chi connectivity index (χ4v) is 2.91. The van der Waals surface area contributed by atoms with Crippen molar-refractivity contribution in [1.82, 2.24) is 10.9 Å². The van der Waals surface area contributed by atoms with Gasteiger partial charge in [-0.25, -0.2) is 0 Å². The lowest BCUT2D eigenvalue weighted by molar-refractivity contribution is -0.133. The van der Waals surface area contributed by atoms with Crippen LogP contribution in [0.3, 0.4) is 0 Å². The first-order valence-corrected chi connectivity index (χ1v) is 9.37. The van der Waals surface area contributed by atoms with E-state index in [0.29, 0.717) is 12.2 Å². The second-order valence-electron chi connectivity index (χ2n) is 5.95. The number of amides is 2. The minimum absolute atomic E-state index is 0.235. The molecule has 138 valence electrons. The van der Waals surface area contributed by atoms with Gasteiger partial charge in [-0.3, -0.25) is 20.4 Å². The van der Waals surface area contributed by atoms with Gasteiger partial charge in [0, 0.05) is 4.47 Å². The van der Waals surface area contributed by atoms with Gasteiger partial charge in [-0.05, 0) is 37.1 Å². The van der Waals surface area contributed by atoms with E-state index in [1.807, 2.05) is 49.4 Å². The molecule has 2 rings (SSSR count). The standard InChI is InChI=1S/C20H23BrN2O3/c1-3-8-18(15-9-5-4-6-10-15)20(25)23-22-19(24)14(2)26-17-12-7-11-16(21)13-17/h4-7,9-14,18H,3,8H2,1-2H3,(H,22,24)(H,23,25)/t14-,18+/m0/s1. The minimum Gasteiger partial charge on any atom is -0.481 e. The Morgan fingerprint density at radius 3 is 2.38 bits per heavy atom.